The number of hydrogen-bond donors (Lipinski definition) is 1. The maximum Gasteiger partial charge on any atom is 0.241 e. The van der Waals surface area contributed by atoms with Crippen LogP contribution < -0.4 is 5.32 Å². The summed E-state index contributed by atoms with van der Waals surface area (Å²) in [6, 6.07) is 0.489. The van der Waals surface area contributed by atoms with Crippen molar-refractivity contribution in [2.24, 2.45) is 5.92 Å². The highest BCUT2D eigenvalue weighted by Crippen LogP contribution is 2.33. The minimum Gasteiger partial charge on any atom is -0.323 e. The molecule has 0 bridgehead atoms. The van der Waals surface area contributed by atoms with E-state index < -0.39 is 0 Å². The molecule has 20 heavy (non-hydrogen) atoms. The first-order valence-corrected chi connectivity index (χ1v) is 9.48. The zero-order chi connectivity index (χ0) is 14.7. The lowest BCUT2D eigenvalue weighted by Crippen LogP contribution is -2.47. The second-order valence-electron chi connectivity index (χ2n) is 6.62. The zero-order valence-corrected chi connectivity index (χ0v) is 14.2. The van der Waals surface area contributed by atoms with Crippen LogP contribution in [-0.4, -0.2) is 40.6 Å². The van der Waals surface area contributed by atoms with E-state index in [1.807, 2.05) is 11.8 Å². The summed E-state index contributed by atoms with van der Waals surface area (Å²) in [6.45, 7) is 6.50. The number of nitrogens with one attached hydrogen (secondary N) is 1. The van der Waals surface area contributed by atoms with Crippen LogP contribution in [0, 0.1) is 5.92 Å². The fourth-order valence-electron chi connectivity index (χ4n) is 3.67. The molecule has 0 radical (unpaired) electrons. The van der Waals surface area contributed by atoms with Crippen LogP contribution in [0.5, 0.6) is 0 Å². The summed E-state index contributed by atoms with van der Waals surface area (Å²) >= 11 is 1.97. The van der Waals surface area contributed by atoms with E-state index in [9.17, 15) is 4.79 Å². The van der Waals surface area contributed by atoms with Gasteiger partial charge >= 0.3 is 0 Å². The van der Waals surface area contributed by atoms with Crippen molar-refractivity contribution in [1.82, 2.24) is 10.2 Å². The Labute approximate surface area is 128 Å². The standard InChI is InChI=1S/C16H30N2OS/c1-5-7-14-17-15(11(2)3)16(19)18(14)12-8-6-9-13(10-12)20-4/h11-15,17H,5-10H2,1-4H3. The van der Waals surface area contributed by atoms with E-state index in [1.165, 1.54) is 25.7 Å². The van der Waals surface area contributed by atoms with Crippen molar-refractivity contribution in [2.45, 2.75) is 82.8 Å². The van der Waals surface area contributed by atoms with Gasteiger partial charge in [-0.05, 0) is 37.9 Å². The third-order valence-corrected chi connectivity index (χ3v) is 5.88. The van der Waals surface area contributed by atoms with E-state index in [1.54, 1.807) is 0 Å². The second-order valence-corrected chi connectivity index (χ2v) is 7.75. The molecule has 0 aromatic rings. The maximum absolute atomic E-state index is 12.8. The quantitative estimate of drug-likeness (QED) is 0.845. The van der Waals surface area contributed by atoms with Gasteiger partial charge in [0.2, 0.25) is 5.91 Å². The number of hydrogen-bond acceptors (Lipinski definition) is 3. The van der Waals surface area contributed by atoms with Gasteiger partial charge < -0.3 is 4.90 Å². The van der Waals surface area contributed by atoms with Crippen LogP contribution in [0.1, 0.15) is 59.3 Å². The van der Waals surface area contributed by atoms with Gasteiger partial charge in [0.1, 0.15) is 0 Å². The van der Waals surface area contributed by atoms with Crippen LogP contribution in [0.15, 0.2) is 0 Å². The Morgan fingerprint density at radius 1 is 1.40 bits per heavy atom. The normalized spacial score (nSPS) is 35.0. The van der Waals surface area contributed by atoms with Gasteiger partial charge in [0.15, 0.2) is 0 Å². The highest BCUT2D eigenvalue weighted by atomic mass is 32.2. The van der Waals surface area contributed by atoms with Crippen LogP contribution in [-0.2, 0) is 4.79 Å². The molecule has 0 spiro atoms. The fourth-order valence-corrected chi connectivity index (χ4v) is 4.48. The minimum absolute atomic E-state index is 0.0289. The van der Waals surface area contributed by atoms with E-state index in [2.05, 4.69) is 37.2 Å². The van der Waals surface area contributed by atoms with Crippen LogP contribution >= 0.6 is 11.8 Å². The Balaban J connectivity index is 2.11. The molecule has 0 aromatic heterocycles. The SMILES string of the molecule is CCCC1NC(C(C)C)C(=O)N1C1CCCC(SC)C1. The molecule has 1 amide bonds. The zero-order valence-electron chi connectivity index (χ0n) is 13.4. The molecule has 116 valence electrons. The Morgan fingerprint density at radius 2 is 2.15 bits per heavy atom. The molecule has 1 saturated carbocycles. The van der Waals surface area contributed by atoms with Gasteiger partial charge in [0.05, 0.1) is 12.2 Å². The van der Waals surface area contributed by atoms with E-state index in [4.69, 9.17) is 0 Å². The second kappa shape index (κ2) is 7.17. The topological polar surface area (TPSA) is 32.3 Å². The molecule has 1 heterocycles. The summed E-state index contributed by atoms with van der Waals surface area (Å²) < 4.78 is 0. The van der Waals surface area contributed by atoms with Crippen molar-refractivity contribution in [3.05, 3.63) is 0 Å². The summed E-state index contributed by atoms with van der Waals surface area (Å²) in [5.74, 6) is 0.733. The molecule has 3 nitrogen and oxygen atoms in total. The number of amides is 1. The van der Waals surface area contributed by atoms with Crippen LogP contribution in [0.2, 0.25) is 0 Å². The maximum atomic E-state index is 12.8. The van der Waals surface area contributed by atoms with E-state index in [-0.39, 0.29) is 12.2 Å². The lowest BCUT2D eigenvalue weighted by atomic mass is 9.92. The molecular weight excluding hydrogens is 268 g/mol. The van der Waals surface area contributed by atoms with E-state index >= 15 is 0 Å². The van der Waals surface area contributed by atoms with Gasteiger partial charge in [0.25, 0.3) is 0 Å². The Hall–Kier alpha value is -0.220. The molecule has 1 aliphatic carbocycles. The third kappa shape index (κ3) is 3.33. The van der Waals surface area contributed by atoms with Crippen LogP contribution in [0.4, 0.5) is 0 Å². The summed E-state index contributed by atoms with van der Waals surface area (Å²) in [6.07, 6.45) is 9.64. The Morgan fingerprint density at radius 3 is 2.75 bits per heavy atom. The van der Waals surface area contributed by atoms with Gasteiger partial charge in [-0.15, -0.1) is 0 Å². The van der Waals surface area contributed by atoms with Crippen LogP contribution in [0.3, 0.4) is 0 Å². The molecule has 2 fully saturated rings. The minimum atomic E-state index is 0.0289. The molecule has 4 atom stereocenters. The molecule has 4 unspecified atom stereocenters. The first-order valence-electron chi connectivity index (χ1n) is 8.19. The number of carbonyl (C=O) groups excluding carboxylic acids is 1. The van der Waals surface area contributed by atoms with Crippen molar-refractivity contribution < 1.29 is 4.79 Å². The van der Waals surface area contributed by atoms with Crippen molar-refractivity contribution >= 4 is 17.7 Å². The first kappa shape index (κ1) is 16.2. The third-order valence-electron chi connectivity index (χ3n) is 4.78. The molecule has 1 N–H and O–H groups in total. The average molecular weight is 298 g/mol. The summed E-state index contributed by atoms with van der Waals surface area (Å²) in [5, 5.41) is 4.33. The molecule has 2 rings (SSSR count). The van der Waals surface area contributed by atoms with E-state index in [0.717, 1.165) is 18.1 Å². The number of rotatable bonds is 5. The molecule has 4 heteroatoms. The molecule has 1 saturated heterocycles. The molecule has 2 aliphatic rings. The van der Waals surface area contributed by atoms with Gasteiger partial charge in [-0.2, -0.15) is 11.8 Å². The van der Waals surface area contributed by atoms with Crippen LogP contribution in [0.25, 0.3) is 0 Å². The molecular formula is C16H30N2OS. The van der Waals surface area contributed by atoms with Crippen molar-refractivity contribution in [2.75, 3.05) is 6.26 Å². The highest BCUT2D eigenvalue weighted by Gasteiger charge is 2.43. The van der Waals surface area contributed by atoms with Crippen molar-refractivity contribution in [1.29, 1.82) is 0 Å². The largest absolute Gasteiger partial charge is 0.323 e. The van der Waals surface area contributed by atoms with E-state index in [0.29, 0.717) is 17.9 Å². The first-order chi connectivity index (χ1) is 9.58. The number of nitrogens with zero attached hydrogens (tertiary/aromatic N) is 1. The number of carbonyl (C=O) groups is 1. The monoisotopic (exact) mass is 298 g/mol. The van der Waals surface area contributed by atoms with Crippen molar-refractivity contribution in [3.63, 3.8) is 0 Å². The predicted octanol–water partition coefficient (Wildman–Crippen LogP) is 3.24. The lowest BCUT2D eigenvalue weighted by molar-refractivity contribution is -0.133. The summed E-state index contributed by atoms with van der Waals surface area (Å²) in [4.78, 5) is 15.0. The molecule has 0 aromatic carbocycles. The van der Waals surface area contributed by atoms with Gasteiger partial charge in [-0.3, -0.25) is 10.1 Å². The smallest absolute Gasteiger partial charge is 0.241 e. The highest BCUT2D eigenvalue weighted by molar-refractivity contribution is 7.99. The number of thioether (sulfide) groups is 1. The predicted molar refractivity (Wildman–Crippen MR) is 86.9 cm³/mol. The van der Waals surface area contributed by atoms with Gasteiger partial charge in [0, 0.05) is 11.3 Å². The summed E-state index contributed by atoms with van der Waals surface area (Å²) in [7, 11) is 0. The van der Waals surface area contributed by atoms with Crippen molar-refractivity contribution in [3.8, 4) is 0 Å². The summed E-state index contributed by atoms with van der Waals surface area (Å²) in [5.41, 5.74) is 0. The average Bonchev–Trinajstić information content (AvgIpc) is 2.76. The Bertz CT molecular complexity index is 334. The van der Waals surface area contributed by atoms with Gasteiger partial charge in [-0.25, -0.2) is 0 Å². The lowest BCUT2D eigenvalue weighted by Gasteiger charge is -2.37. The van der Waals surface area contributed by atoms with Gasteiger partial charge in [-0.1, -0.05) is 33.6 Å². The fraction of sp³-hybridized carbons (Fsp3) is 0.938. The Kier molecular flexibility index (Phi) is 5.79. The molecule has 1 aliphatic heterocycles.